The molecule has 0 fully saturated rings. The largest absolute Gasteiger partial charge is 0.310 e. The Morgan fingerprint density at radius 2 is 1.90 bits per heavy atom. The van der Waals surface area contributed by atoms with Crippen LogP contribution in [0.2, 0.25) is 10.0 Å². The molecular weight excluding hydrogens is 308 g/mol. The van der Waals surface area contributed by atoms with Crippen molar-refractivity contribution in [3.8, 4) is 0 Å². The van der Waals surface area contributed by atoms with Crippen LogP contribution < -0.4 is 5.32 Å². The van der Waals surface area contributed by atoms with Gasteiger partial charge < -0.3 is 5.32 Å². The molecule has 4 heteroatoms. The van der Waals surface area contributed by atoms with Crippen LogP contribution in [0.25, 0.3) is 0 Å². The van der Waals surface area contributed by atoms with Gasteiger partial charge in [-0.05, 0) is 55.3 Å². The van der Waals surface area contributed by atoms with Crippen molar-refractivity contribution in [2.24, 2.45) is 0 Å². The van der Waals surface area contributed by atoms with Crippen molar-refractivity contribution in [2.75, 3.05) is 6.54 Å². The molecule has 2 aromatic rings. The Morgan fingerprint density at radius 3 is 2.57 bits per heavy atom. The summed E-state index contributed by atoms with van der Waals surface area (Å²) in [5.41, 5.74) is 2.67. The van der Waals surface area contributed by atoms with E-state index in [1.807, 2.05) is 32.0 Å². The summed E-state index contributed by atoms with van der Waals surface area (Å²) in [4.78, 5) is 0. The van der Waals surface area contributed by atoms with E-state index in [9.17, 15) is 4.39 Å². The van der Waals surface area contributed by atoms with Gasteiger partial charge in [-0.3, -0.25) is 0 Å². The van der Waals surface area contributed by atoms with Gasteiger partial charge in [0.2, 0.25) is 0 Å². The molecule has 0 aliphatic rings. The molecule has 0 amide bonds. The third kappa shape index (κ3) is 4.19. The van der Waals surface area contributed by atoms with Gasteiger partial charge in [-0.25, -0.2) is 4.39 Å². The van der Waals surface area contributed by atoms with Crippen molar-refractivity contribution < 1.29 is 4.39 Å². The number of nitrogens with one attached hydrogen (secondary N) is 1. The molecule has 0 aromatic heterocycles. The van der Waals surface area contributed by atoms with Crippen molar-refractivity contribution in [3.05, 3.63) is 69.0 Å². The van der Waals surface area contributed by atoms with E-state index in [0.29, 0.717) is 22.0 Å². The molecule has 1 nitrogen and oxygen atoms in total. The lowest BCUT2D eigenvalue weighted by molar-refractivity contribution is 0.510. The highest BCUT2D eigenvalue weighted by Gasteiger charge is 2.17. The Balaban J connectivity index is 2.32. The smallest absolute Gasteiger partial charge is 0.128 e. The van der Waals surface area contributed by atoms with E-state index in [1.165, 1.54) is 6.07 Å². The zero-order valence-electron chi connectivity index (χ0n) is 12.1. The number of hydrogen-bond acceptors (Lipinski definition) is 1. The number of likely N-dealkylation sites (N-methyl/N-ethyl adjacent to an activating group) is 1. The van der Waals surface area contributed by atoms with Gasteiger partial charge in [0.15, 0.2) is 0 Å². The number of halogens is 3. The number of rotatable bonds is 5. The number of hydrogen-bond donors (Lipinski definition) is 1. The summed E-state index contributed by atoms with van der Waals surface area (Å²) in [7, 11) is 0. The molecule has 21 heavy (non-hydrogen) atoms. The maximum absolute atomic E-state index is 14.1. The summed E-state index contributed by atoms with van der Waals surface area (Å²) < 4.78 is 14.1. The van der Waals surface area contributed by atoms with Gasteiger partial charge in [0.25, 0.3) is 0 Å². The van der Waals surface area contributed by atoms with Crippen molar-refractivity contribution in [1.29, 1.82) is 0 Å². The highest BCUT2D eigenvalue weighted by atomic mass is 35.5. The summed E-state index contributed by atoms with van der Waals surface area (Å²) >= 11 is 12.3. The first-order chi connectivity index (χ1) is 10.0. The molecule has 0 bridgehead atoms. The Labute approximate surface area is 135 Å². The summed E-state index contributed by atoms with van der Waals surface area (Å²) in [6.45, 7) is 4.72. The van der Waals surface area contributed by atoms with Crippen LogP contribution in [0.15, 0.2) is 36.4 Å². The minimum absolute atomic E-state index is 0.158. The lowest BCUT2D eigenvalue weighted by Crippen LogP contribution is -2.24. The van der Waals surface area contributed by atoms with Crippen molar-refractivity contribution in [3.63, 3.8) is 0 Å². The van der Waals surface area contributed by atoms with Gasteiger partial charge in [0.05, 0.1) is 0 Å². The standard InChI is InChI=1S/C17H18Cl2FN/c1-3-21-17(14-10-13(18)6-7-16(14)20)9-12-5-4-11(2)8-15(12)19/h4-8,10,17,21H,3,9H2,1-2H3. The van der Waals surface area contributed by atoms with Gasteiger partial charge in [0, 0.05) is 21.7 Å². The lowest BCUT2D eigenvalue weighted by Gasteiger charge is -2.20. The SMILES string of the molecule is CCNC(Cc1ccc(C)cc1Cl)c1cc(Cl)ccc1F. The third-order valence-electron chi connectivity index (χ3n) is 3.42. The molecule has 0 saturated heterocycles. The van der Waals surface area contributed by atoms with E-state index in [0.717, 1.165) is 17.7 Å². The second-order valence-corrected chi connectivity index (χ2v) is 5.92. The van der Waals surface area contributed by atoms with Gasteiger partial charge in [-0.2, -0.15) is 0 Å². The molecule has 1 atom stereocenters. The first-order valence-corrected chi connectivity index (χ1v) is 7.70. The fourth-order valence-electron chi connectivity index (χ4n) is 2.36. The number of aryl methyl sites for hydroxylation is 1. The van der Waals surface area contributed by atoms with E-state index in [1.54, 1.807) is 12.1 Å². The lowest BCUT2D eigenvalue weighted by atomic mass is 9.97. The second-order valence-electron chi connectivity index (χ2n) is 5.08. The summed E-state index contributed by atoms with van der Waals surface area (Å²) in [6.07, 6.45) is 0.615. The Bertz CT molecular complexity index is 628. The van der Waals surface area contributed by atoms with Gasteiger partial charge in [-0.15, -0.1) is 0 Å². The molecule has 0 radical (unpaired) electrons. The van der Waals surface area contributed by atoms with Crippen LogP contribution in [0.3, 0.4) is 0 Å². The Kier molecular flexibility index (Phi) is 5.63. The molecule has 112 valence electrons. The molecular formula is C17H18Cl2FN. The van der Waals surface area contributed by atoms with Crippen LogP contribution in [0.1, 0.15) is 29.7 Å². The van der Waals surface area contributed by atoms with E-state index >= 15 is 0 Å². The Morgan fingerprint density at radius 1 is 1.14 bits per heavy atom. The maximum Gasteiger partial charge on any atom is 0.128 e. The van der Waals surface area contributed by atoms with Crippen LogP contribution in [0.5, 0.6) is 0 Å². The fraction of sp³-hybridized carbons (Fsp3) is 0.294. The summed E-state index contributed by atoms with van der Waals surface area (Å²) in [5, 5.41) is 4.54. The fourth-order valence-corrected chi connectivity index (χ4v) is 2.85. The van der Waals surface area contributed by atoms with E-state index < -0.39 is 0 Å². The average molecular weight is 326 g/mol. The third-order valence-corrected chi connectivity index (χ3v) is 4.00. The van der Waals surface area contributed by atoms with Gasteiger partial charge in [-0.1, -0.05) is 42.3 Å². The van der Waals surface area contributed by atoms with Gasteiger partial charge >= 0.3 is 0 Å². The van der Waals surface area contributed by atoms with E-state index in [2.05, 4.69) is 5.32 Å². The van der Waals surface area contributed by atoms with Crippen LogP contribution >= 0.6 is 23.2 Å². The maximum atomic E-state index is 14.1. The van der Waals surface area contributed by atoms with Crippen molar-refractivity contribution in [1.82, 2.24) is 5.32 Å². The predicted molar refractivity (Wildman–Crippen MR) is 87.7 cm³/mol. The number of benzene rings is 2. The first kappa shape index (κ1) is 16.3. The summed E-state index contributed by atoms with van der Waals surface area (Å²) in [6, 6.07) is 10.4. The van der Waals surface area contributed by atoms with Crippen LogP contribution in [-0.2, 0) is 6.42 Å². The van der Waals surface area contributed by atoms with Crippen LogP contribution in [0.4, 0.5) is 4.39 Å². The van der Waals surface area contributed by atoms with E-state index in [-0.39, 0.29) is 11.9 Å². The zero-order chi connectivity index (χ0) is 15.4. The molecule has 0 aliphatic heterocycles. The molecule has 2 aromatic carbocycles. The zero-order valence-corrected chi connectivity index (χ0v) is 13.6. The highest BCUT2D eigenvalue weighted by Crippen LogP contribution is 2.27. The Hall–Kier alpha value is -1.09. The molecule has 2 rings (SSSR count). The minimum Gasteiger partial charge on any atom is -0.310 e. The minimum atomic E-state index is -0.256. The van der Waals surface area contributed by atoms with Crippen molar-refractivity contribution >= 4 is 23.2 Å². The molecule has 0 spiro atoms. The normalized spacial score (nSPS) is 12.4. The molecule has 1 N–H and O–H groups in total. The molecule has 1 unspecified atom stereocenters. The van der Waals surface area contributed by atoms with Crippen molar-refractivity contribution in [2.45, 2.75) is 26.3 Å². The van der Waals surface area contributed by atoms with Gasteiger partial charge in [0.1, 0.15) is 5.82 Å². The molecule has 0 saturated carbocycles. The molecule has 0 aliphatic carbocycles. The van der Waals surface area contributed by atoms with E-state index in [4.69, 9.17) is 23.2 Å². The summed E-state index contributed by atoms with van der Waals surface area (Å²) in [5.74, 6) is -0.256. The highest BCUT2D eigenvalue weighted by molar-refractivity contribution is 6.31. The topological polar surface area (TPSA) is 12.0 Å². The first-order valence-electron chi connectivity index (χ1n) is 6.94. The molecule has 0 heterocycles. The average Bonchev–Trinajstić information content (AvgIpc) is 2.44. The van der Waals surface area contributed by atoms with Crippen LogP contribution in [0, 0.1) is 12.7 Å². The predicted octanol–water partition coefficient (Wildman–Crippen LogP) is 5.33. The quantitative estimate of drug-likeness (QED) is 0.782. The van der Waals surface area contributed by atoms with Crippen LogP contribution in [-0.4, -0.2) is 6.54 Å². The monoisotopic (exact) mass is 325 g/mol. The second kappa shape index (κ2) is 7.26.